The molecule has 7 heteroatoms. The number of piperidine rings is 1. The molecule has 2 heterocycles. The van der Waals surface area contributed by atoms with Gasteiger partial charge in [0.05, 0.1) is 0 Å². The third-order valence-electron chi connectivity index (χ3n) is 2.62. The molecule has 0 aromatic carbocycles. The van der Waals surface area contributed by atoms with Gasteiger partial charge in [0, 0.05) is 25.0 Å². The summed E-state index contributed by atoms with van der Waals surface area (Å²) in [5.74, 6) is -0.628. The highest BCUT2D eigenvalue weighted by molar-refractivity contribution is 5.68. The van der Waals surface area contributed by atoms with E-state index in [0.29, 0.717) is 31.7 Å². The van der Waals surface area contributed by atoms with Gasteiger partial charge >= 0.3 is 0 Å². The summed E-state index contributed by atoms with van der Waals surface area (Å²) in [7, 11) is 0. The van der Waals surface area contributed by atoms with Gasteiger partial charge in [0.1, 0.15) is 0 Å². The number of hydrogen-bond donors (Lipinski definition) is 1. The zero-order valence-electron chi connectivity index (χ0n) is 8.05. The lowest BCUT2D eigenvalue weighted by molar-refractivity contribution is -0.312. The zero-order chi connectivity index (χ0) is 10.8. The van der Waals surface area contributed by atoms with E-state index in [2.05, 4.69) is 14.9 Å². The molecule has 1 aliphatic rings. The van der Waals surface area contributed by atoms with E-state index in [4.69, 9.17) is 5.73 Å². The van der Waals surface area contributed by atoms with Gasteiger partial charge in [0.25, 0.3) is 0 Å². The Kier molecular flexibility index (Phi) is 2.44. The number of carbonyl (C=O) groups is 1. The number of carboxylic acids is 1. The van der Waals surface area contributed by atoms with E-state index in [1.165, 1.54) is 0 Å². The number of nitrogens with two attached hydrogens (primary N) is 1. The first-order valence-corrected chi connectivity index (χ1v) is 4.72. The summed E-state index contributed by atoms with van der Waals surface area (Å²) in [6.45, 7) is 1.16. The van der Waals surface area contributed by atoms with Crippen LogP contribution in [0.5, 0.6) is 0 Å². The maximum Gasteiger partial charge on any atom is 0.217 e. The van der Waals surface area contributed by atoms with Gasteiger partial charge in [-0.15, -0.1) is 0 Å². The second-order valence-electron chi connectivity index (χ2n) is 3.55. The molecule has 0 radical (unpaired) electrons. The predicted octanol–water partition coefficient (Wildman–Crippen LogP) is -1.38. The summed E-state index contributed by atoms with van der Waals surface area (Å²) in [6, 6.07) is 0. The van der Waals surface area contributed by atoms with E-state index >= 15 is 0 Å². The standard InChI is InChI=1S/C8H12N4O3/c9-6-7(11-15-10-6)12-3-1-5(2-4-12)8(13)14/h5H,1-4H2,(H2,9,10)(H,13,14)/p-1. The average molecular weight is 211 g/mol. The number of hydrogen-bond acceptors (Lipinski definition) is 7. The second-order valence-corrected chi connectivity index (χ2v) is 3.55. The number of rotatable bonds is 2. The third-order valence-corrected chi connectivity index (χ3v) is 2.62. The summed E-state index contributed by atoms with van der Waals surface area (Å²) in [5.41, 5.74) is 5.53. The summed E-state index contributed by atoms with van der Waals surface area (Å²) >= 11 is 0. The second kappa shape index (κ2) is 3.76. The van der Waals surface area contributed by atoms with Gasteiger partial charge in [-0.2, -0.15) is 0 Å². The lowest BCUT2D eigenvalue weighted by Gasteiger charge is -2.31. The van der Waals surface area contributed by atoms with Crippen LogP contribution < -0.4 is 15.7 Å². The summed E-state index contributed by atoms with van der Waals surface area (Å²) in [4.78, 5) is 12.5. The molecule has 0 atom stereocenters. The summed E-state index contributed by atoms with van der Waals surface area (Å²) in [6.07, 6.45) is 1.07. The molecule has 0 unspecified atom stereocenters. The highest BCUT2D eigenvalue weighted by Crippen LogP contribution is 2.24. The van der Waals surface area contributed by atoms with E-state index in [1.807, 2.05) is 4.90 Å². The quantitative estimate of drug-likeness (QED) is 0.642. The molecule has 1 aromatic rings. The van der Waals surface area contributed by atoms with Gasteiger partial charge in [0.15, 0.2) is 0 Å². The molecular formula is C8H11N4O3-. The molecule has 0 aliphatic carbocycles. The topological polar surface area (TPSA) is 108 Å². The van der Waals surface area contributed by atoms with Crippen LogP contribution in [0, 0.1) is 5.92 Å². The molecule has 15 heavy (non-hydrogen) atoms. The molecule has 1 fully saturated rings. The van der Waals surface area contributed by atoms with Crippen molar-refractivity contribution in [2.45, 2.75) is 12.8 Å². The van der Waals surface area contributed by atoms with Crippen molar-refractivity contribution in [3.8, 4) is 0 Å². The molecule has 0 spiro atoms. The number of carbonyl (C=O) groups excluding carboxylic acids is 1. The smallest absolute Gasteiger partial charge is 0.217 e. The highest BCUT2D eigenvalue weighted by atomic mass is 16.6. The van der Waals surface area contributed by atoms with Crippen molar-refractivity contribution in [2.24, 2.45) is 5.92 Å². The van der Waals surface area contributed by atoms with Crippen LogP contribution >= 0.6 is 0 Å². The molecule has 82 valence electrons. The first-order valence-electron chi connectivity index (χ1n) is 4.72. The maximum absolute atomic E-state index is 10.6. The molecule has 0 bridgehead atoms. The van der Waals surface area contributed by atoms with E-state index in [1.54, 1.807) is 0 Å². The summed E-state index contributed by atoms with van der Waals surface area (Å²) in [5, 5.41) is 17.7. The molecule has 2 rings (SSSR count). The largest absolute Gasteiger partial charge is 0.550 e. The number of nitrogens with zero attached hydrogens (tertiary/aromatic N) is 3. The minimum Gasteiger partial charge on any atom is -0.550 e. The van der Waals surface area contributed by atoms with E-state index in [-0.39, 0.29) is 11.7 Å². The minimum absolute atomic E-state index is 0.238. The SMILES string of the molecule is Nc1nonc1N1CCC(C(=O)[O-])CC1. The molecule has 2 N–H and O–H groups in total. The van der Waals surface area contributed by atoms with Crippen molar-refractivity contribution in [2.75, 3.05) is 23.7 Å². The fraction of sp³-hybridized carbons (Fsp3) is 0.625. The van der Waals surface area contributed by atoms with Gasteiger partial charge in [-0.25, -0.2) is 4.63 Å². The van der Waals surface area contributed by atoms with Crippen LogP contribution in [0.1, 0.15) is 12.8 Å². The lowest BCUT2D eigenvalue weighted by atomic mass is 9.97. The fourth-order valence-corrected chi connectivity index (χ4v) is 1.74. The maximum atomic E-state index is 10.6. The monoisotopic (exact) mass is 211 g/mol. The van der Waals surface area contributed by atoms with Crippen molar-refractivity contribution >= 4 is 17.6 Å². The van der Waals surface area contributed by atoms with Crippen LogP contribution in [0.15, 0.2) is 4.63 Å². The van der Waals surface area contributed by atoms with Crippen molar-refractivity contribution in [3.05, 3.63) is 0 Å². The Morgan fingerprint density at radius 3 is 2.60 bits per heavy atom. The van der Waals surface area contributed by atoms with Crippen molar-refractivity contribution < 1.29 is 14.5 Å². The van der Waals surface area contributed by atoms with Crippen molar-refractivity contribution in [3.63, 3.8) is 0 Å². The number of anilines is 2. The lowest BCUT2D eigenvalue weighted by Crippen LogP contribution is -2.41. The van der Waals surface area contributed by atoms with Gasteiger partial charge in [-0.3, -0.25) is 0 Å². The predicted molar refractivity (Wildman–Crippen MR) is 48.7 cm³/mol. The molecule has 7 nitrogen and oxygen atoms in total. The van der Waals surface area contributed by atoms with Crippen LogP contribution in [-0.4, -0.2) is 29.4 Å². The first-order chi connectivity index (χ1) is 7.18. The molecule has 0 amide bonds. The normalized spacial score (nSPS) is 18.0. The third kappa shape index (κ3) is 1.85. The van der Waals surface area contributed by atoms with Crippen molar-refractivity contribution in [1.82, 2.24) is 10.3 Å². The Morgan fingerprint density at radius 2 is 2.13 bits per heavy atom. The molecule has 1 saturated heterocycles. The number of aromatic nitrogens is 2. The van der Waals surface area contributed by atoms with E-state index in [0.717, 1.165) is 0 Å². The van der Waals surface area contributed by atoms with Crippen LogP contribution in [0.2, 0.25) is 0 Å². The average Bonchev–Trinajstić information content (AvgIpc) is 2.65. The van der Waals surface area contributed by atoms with Gasteiger partial charge in [0.2, 0.25) is 11.6 Å². The van der Waals surface area contributed by atoms with E-state index < -0.39 is 5.97 Å². The minimum atomic E-state index is -0.985. The number of nitrogen functional groups attached to an aromatic ring is 1. The number of carboxylic acid groups (broad SMARTS) is 1. The first kappa shape index (κ1) is 9.75. The Morgan fingerprint density at radius 1 is 1.47 bits per heavy atom. The zero-order valence-corrected chi connectivity index (χ0v) is 8.05. The molecule has 1 aliphatic heterocycles. The Labute approximate surface area is 85.8 Å². The van der Waals surface area contributed by atoms with Crippen LogP contribution in [-0.2, 0) is 4.79 Å². The van der Waals surface area contributed by atoms with E-state index in [9.17, 15) is 9.90 Å². The molecular weight excluding hydrogens is 200 g/mol. The Bertz CT molecular complexity index is 357. The Hall–Kier alpha value is -1.79. The molecule has 1 aromatic heterocycles. The summed E-state index contributed by atoms with van der Waals surface area (Å²) < 4.78 is 4.48. The van der Waals surface area contributed by atoms with Gasteiger partial charge in [-0.05, 0) is 23.2 Å². The highest BCUT2D eigenvalue weighted by Gasteiger charge is 2.23. The number of aliphatic carboxylic acids is 1. The van der Waals surface area contributed by atoms with Crippen LogP contribution in [0.25, 0.3) is 0 Å². The fourth-order valence-electron chi connectivity index (χ4n) is 1.74. The van der Waals surface area contributed by atoms with Crippen LogP contribution in [0.4, 0.5) is 11.6 Å². The van der Waals surface area contributed by atoms with Crippen LogP contribution in [0.3, 0.4) is 0 Å². The van der Waals surface area contributed by atoms with Gasteiger partial charge < -0.3 is 20.5 Å². The van der Waals surface area contributed by atoms with Crippen molar-refractivity contribution in [1.29, 1.82) is 0 Å². The Balaban J connectivity index is 2.00. The van der Waals surface area contributed by atoms with Gasteiger partial charge in [-0.1, -0.05) is 0 Å². The molecule has 0 saturated carbocycles.